The van der Waals surface area contributed by atoms with Crippen LogP contribution in [0, 0.1) is 0 Å². The molecule has 0 radical (unpaired) electrons. The van der Waals surface area contributed by atoms with Gasteiger partial charge in [0.25, 0.3) is 0 Å². The smallest absolute Gasteiger partial charge is 0.102 e. The van der Waals surface area contributed by atoms with Crippen molar-refractivity contribution in [3.63, 3.8) is 0 Å². The minimum atomic E-state index is -0.662. The number of hydrogen-bond donors (Lipinski definition) is 4. The average molecular weight is 220 g/mol. The molecule has 5 N–H and O–H groups in total. The van der Waals surface area contributed by atoms with E-state index in [-0.39, 0.29) is 6.61 Å². The van der Waals surface area contributed by atoms with Crippen molar-refractivity contribution in [2.24, 2.45) is 5.73 Å². The number of aliphatic hydroxyl groups excluding tert-OH is 2. The first kappa shape index (κ1) is 14.8. The van der Waals surface area contributed by atoms with Crippen molar-refractivity contribution in [2.75, 3.05) is 32.9 Å². The van der Waals surface area contributed by atoms with Gasteiger partial charge >= 0.3 is 0 Å². The molecule has 0 bridgehead atoms. The number of hydrogen-bond acceptors (Lipinski definition) is 5. The topological polar surface area (TPSA) is 87.7 Å². The SMILES string of the molecule is NC(O)CCCCCNCCOCCO. The minimum Gasteiger partial charge on any atom is -0.394 e. The molecule has 0 aromatic carbocycles. The first-order valence-electron chi connectivity index (χ1n) is 5.60. The molecule has 5 heteroatoms. The molecule has 0 spiro atoms. The van der Waals surface area contributed by atoms with Gasteiger partial charge in [0.05, 0.1) is 19.8 Å². The van der Waals surface area contributed by atoms with Crippen LogP contribution in [0.3, 0.4) is 0 Å². The van der Waals surface area contributed by atoms with Crippen LogP contribution >= 0.6 is 0 Å². The van der Waals surface area contributed by atoms with Gasteiger partial charge in [-0.25, -0.2) is 0 Å². The molecule has 0 saturated heterocycles. The summed E-state index contributed by atoms with van der Waals surface area (Å²) in [7, 11) is 0. The molecule has 0 aromatic rings. The maximum absolute atomic E-state index is 8.80. The average Bonchev–Trinajstić information content (AvgIpc) is 2.20. The van der Waals surface area contributed by atoms with Crippen LogP contribution in [-0.2, 0) is 4.74 Å². The summed E-state index contributed by atoms with van der Waals surface area (Å²) in [5, 5.41) is 20.5. The molecule has 0 fully saturated rings. The van der Waals surface area contributed by atoms with Crippen LogP contribution in [0.2, 0.25) is 0 Å². The number of aliphatic hydroxyl groups is 2. The zero-order chi connectivity index (χ0) is 11.4. The van der Waals surface area contributed by atoms with Gasteiger partial charge in [-0.15, -0.1) is 0 Å². The molecule has 1 atom stereocenters. The number of nitrogens with two attached hydrogens (primary N) is 1. The molecule has 1 unspecified atom stereocenters. The van der Waals surface area contributed by atoms with E-state index in [0.717, 1.165) is 32.4 Å². The zero-order valence-electron chi connectivity index (χ0n) is 9.32. The minimum absolute atomic E-state index is 0.0847. The third-order valence-corrected chi connectivity index (χ3v) is 2.01. The molecular weight excluding hydrogens is 196 g/mol. The molecular formula is C10H24N2O3. The van der Waals surface area contributed by atoms with E-state index >= 15 is 0 Å². The summed E-state index contributed by atoms with van der Waals surface area (Å²) in [5.74, 6) is 0. The third kappa shape index (κ3) is 13.8. The Morgan fingerprint density at radius 3 is 2.60 bits per heavy atom. The molecule has 0 amide bonds. The first-order chi connectivity index (χ1) is 7.27. The lowest BCUT2D eigenvalue weighted by Crippen LogP contribution is -2.22. The lowest BCUT2D eigenvalue weighted by molar-refractivity contribution is 0.0939. The van der Waals surface area contributed by atoms with Gasteiger partial charge in [-0.2, -0.15) is 0 Å². The molecule has 0 aromatic heterocycles. The Hall–Kier alpha value is -0.200. The van der Waals surface area contributed by atoms with Gasteiger partial charge in [-0.05, 0) is 25.8 Å². The van der Waals surface area contributed by atoms with Crippen molar-refractivity contribution >= 4 is 0 Å². The summed E-state index contributed by atoms with van der Waals surface area (Å²) < 4.78 is 5.08. The molecule has 0 heterocycles. The van der Waals surface area contributed by atoms with E-state index in [1.807, 2.05) is 0 Å². The highest BCUT2D eigenvalue weighted by Gasteiger charge is 1.95. The van der Waals surface area contributed by atoms with E-state index in [2.05, 4.69) is 5.32 Å². The maximum Gasteiger partial charge on any atom is 0.102 e. The van der Waals surface area contributed by atoms with Crippen LogP contribution in [-0.4, -0.2) is 49.4 Å². The molecule has 5 nitrogen and oxygen atoms in total. The van der Waals surface area contributed by atoms with Crippen LogP contribution in [0.15, 0.2) is 0 Å². The van der Waals surface area contributed by atoms with Crippen molar-refractivity contribution in [3.8, 4) is 0 Å². The van der Waals surface area contributed by atoms with Crippen LogP contribution in [0.1, 0.15) is 25.7 Å². The molecule has 92 valence electrons. The highest BCUT2D eigenvalue weighted by atomic mass is 16.5. The maximum atomic E-state index is 8.80. The fraction of sp³-hybridized carbons (Fsp3) is 1.00. The van der Waals surface area contributed by atoms with Crippen molar-refractivity contribution in [1.29, 1.82) is 0 Å². The predicted octanol–water partition coefficient (Wildman–Crippen LogP) is -0.578. The van der Waals surface area contributed by atoms with E-state index in [9.17, 15) is 0 Å². The summed E-state index contributed by atoms with van der Waals surface area (Å²) in [6.45, 7) is 2.92. The second kappa shape index (κ2) is 11.9. The normalized spacial score (nSPS) is 13.0. The van der Waals surface area contributed by atoms with Crippen molar-refractivity contribution in [1.82, 2.24) is 5.32 Å². The van der Waals surface area contributed by atoms with E-state index in [1.165, 1.54) is 0 Å². The van der Waals surface area contributed by atoms with Gasteiger partial charge in [0.1, 0.15) is 6.23 Å². The molecule has 15 heavy (non-hydrogen) atoms. The van der Waals surface area contributed by atoms with Crippen molar-refractivity contribution < 1.29 is 14.9 Å². The monoisotopic (exact) mass is 220 g/mol. The predicted molar refractivity (Wildman–Crippen MR) is 59.4 cm³/mol. The van der Waals surface area contributed by atoms with Crippen LogP contribution < -0.4 is 11.1 Å². The van der Waals surface area contributed by atoms with Gasteiger partial charge in [0, 0.05) is 6.54 Å². The Balaban J connectivity index is 2.87. The Bertz CT molecular complexity index is 123. The summed E-state index contributed by atoms with van der Waals surface area (Å²) in [6.07, 6.45) is 3.16. The summed E-state index contributed by atoms with van der Waals surface area (Å²) >= 11 is 0. The fourth-order valence-corrected chi connectivity index (χ4v) is 1.22. The zero-order valence-corrected chi connectivity index (χ0v) is 9.32. The Kier molecular flexibility index (Phi) is 11.7. The second-order valence-electron chi connectivity index (χ2n) is 3.50. The summed E-state index contributed by atoms with van der Waals surface area (Å²) in [5.41, 5.74) is 5.20. The van der Waals surface area contributed by atoms with E-state index in [4.69, 9.17) is 20.7 Å². The highest BCUT2D eigenvalue weighted by molar-refractivity contribution is 4.50. The summed E-state index contributed by atoms with van der Waals surface area (Å²) in [6, 6.07) is 0. The first-order valence-corrected chi connectivity index (χ1v) is 5.60. The number of ether oxygens (including phenoxy) is 1. The third-order valence-electron chi connectivity index (χ3n) is 2.01. The highest BCUT2D eigenvalue weighted by Crippen LogP contribution is 1.99. The largest absolute Gasteiger partial charge is 0.394 e. The standard InChI is InChI=1S/C10H24N2O3/c11-10(14)4-2-1-3-5-12-6-8-15-9-7-13/h10,12-14H,1-9,11H2. The van der Waals surface area contributed by atoms with Crippen molar-refractivity contribution in [2.45, 2.75) is 31.9 Å². The fourth-order valence-electron chi connectivity index (χ4n) is 1.22. The van der Waals surface area contributed by atoms with E-state index in [1.54, 1.807) is 0 Å². The van der Waals surface area contributed by atoms with Crippen molar-refractivity contribution in [3.05, 3.63) is 0 Å². The number of nitrogens with one attached hydrogen (secondary N) is 1. The van der Waals surface area contributed by atoms with Gasteiger partial charge in [-0.1, -0.05) is 6.42 Å². The lowest BCUT2D eigenvalue weighted by atomic mass is 10.2. The van der Waals surface area contributed by atoms with Crippen LogP contribution in [0.5, 0.6) is 0 Å². The molecule has 0 aliphatic rings. The van der Waals surface area contributed by atoms with Gasteiger partial charge in [0.15, 0.2) is 0 Å². The second-order valence-corrected chi connectivity index (χ2v) is 3.50. The quantitative estimate of drug-likeness (QED) is 0.276. The van der Waals surface area contributed by atoms with Gasteiger partial charge in [-0.3, -0.25) is 0 Å². The van der Waals surface area contributed by atoms with E-state index in [0.29, 0.717) is 19.6 Å². The van der Waals surface area contributed by atoms with Crippen LogP contribution in [0.25, 0.3) is 0 Å². The summed E-state index contributed by atoms with van der Waals surface area (Å²) in [4.78, 5) is 0. The van der Waals surface area contributed by atoms with Gasteiger partial charge < -0.3 is 26.0 Å². The Morgan fingerprint density at radius 2 is 1.93 bits per heavy atom. The van der Waals surface area contributed by atoms with Crippen LogP contribution in [0.4, 0.5) is 0 Å². The Labute approximate surface area is 91.6 Å². The van der Waals surface area contributed by atoms with E-state index < -0.39 is 6.23 Å². The molecule has 0 aliphatic carbocycles. The van der Waals surface area contributed by atoms with Gasteiger partial charge in [0.2, 0.25) is 0 Å². The molecule has 0 aliphatic heterocycles. The lowest BCUT2D eigenvalue weighted by Gasteiger charge is -2.06. The Morgan fingerprint density at radius 1 is 1.13 bits per heavy atom. The number of unbranched alkanes of at least 4 members (excludes halogenated alkanes) is 2. The molecule has 0 saturated carbocycles. The number of rotatable bonds is 11. The molecule has 0 rings (SSSR count).